The topological polar surface area (TPSA) is 57.7 Å². The third kappa shape index (κ3) is 4.41. The molecular formula is C19H24N4O2. The lowest BCUT2D eigenvalue weighted by Gasteiger charge is -2.35. The second kappa shape index (κ2) is 8.37. The molecule has 3 rings (SSSR count). The van der Waals surface area contributed by atoms with Crippen LogP contribution in [0.4, 0.5) is 10.6 Å². The lowest BCUT2D eigenvalue weighted by atomic mass is 10.1. The van der Waals surface area contributed by atoms with Crippen LogP contribution in [0.2, 0.25) is 0 Å². The number of pyridine rings is 1. The van der Waals surface area contributed by atoms with E-state index < -0.39 is 0 Å². The molecule has 0 unspecified atom stereocenters. The van der Waals surface area contributed by atoms with E-state index in [1.807, 2.05) is 47.4 Å². The van der Waals surface area contributed by atoms with Crippen LogP contribution in [0.25, 0.3) is 0 Å². The van der Waals surface area contributed by atoms with Gasteiger partial charge >= 0.3 is 6.03 Å². The molecule has 1 aliphatic rings. The van der Waals surface area contributed by atoms with Crippen LogP contribution in [0.15, 0.2) is 48.7 Å². The van der Waals surface area contributed by atoms with Gasteiger partial charge in [0.15, 0.2) is 6.73 Å². The van der Waals surface area contributed by atoms with Gasteiger partial charge in [0, 0.05) is 32.4 Å². The van der Waals surface area contributed by atoms with Gasteiger partial charge in [-0.2, -0.15) is 0 Å². The van der Waals surface area contributed by atoms with Gasteiger partial charge in [0.25, 0.3) is 0 Å². The van der Waals surface area contributed by atoms with Gasteiger partial charge < -0.3 is 19.9 Å². The van der Waals surface area contributed by atoms with Crippen molar-refractivity contribution in [1.82, 2.24) is 15.2 Å². The van der Waals surface area contributed by atoms with Crippen molar-refractivity contribution in [1.29, 1.82) is 0 Å². The van der Waals surface area contributed by atoms with Crippen molar-refractivity contribution in [3.05, 3.63) is 54.2 Å². The highest BCUT2D eigenvalue weighted by molar-refractivity contribution is 5.74. The number of hydrogen-bond donors (Lipinski definition) is 1. The number of ether oxygens (including phenoxy) is 1. The van der Waals surface area contributed by atoms with E-state index in [2.05, 4.69) is 22.1 Å². The van der Waals surface area contributed by atoms with Crippen molar-refractivity contribution in [2.24, 2.45) is 0 Å². The van der Waals surface area contributed by atoms with E-state index >= 15 is 0 Å². The first-order valence-corrected chi connectivity index (χ1v) is 8.67. The predicted octanol–water partition coefficient (Wildman–Crippen LogP) is 2.51. The van der Waals surface area contributed by atoms with Gasteiger partial charge in [0.05, 0.1) is 0 Å². The Morgan fingerprint density at radius 1 is 1.12 bits per heavy atom. The maximum absolute atomic E-state index is 12.3. The standard InChI is InChI=1S/C19H24N4O2/c1-2-16-7-3-4-8-17(16)25-15-21-19(24)23-13-11-22(12-14-23)18-9-5-6-10-20-18/h3-10H,2,11-15H2,1H3,(H,21,24). The van der Waals surface area contributed by atoms with E-state index in [9.17, 15) is 4.79 Å². The molecule has 2 amide bonds. The number of nitrogens with zero attached hydrogens (tertiary/aromatic N) is 3. The maximum atomic E-state index is 12.3. The van der Waals surface area contributed by atoms with E-state index in [0.717, 1.165) is 36.6 Å². The van der Waals surface area contributed by atoms with Gasteiger partial charge in [-0.1, -0.05) is 31.2 Å². The average molecular weight is 340 g/mol. The number of benzene rings is 1. The van der Waals surface area contributed by atoms with Gasteiger partial charge in [-0.25, -0.2) is 9.78 Å². The molecule has 1 N–H and O–H groups in total. The summed E-state index contributed by atoms with van der Waals surface area (Å²) in [6, 6.07) is 13.7. The van der Waals surface area contributed by atoms with Crippen LogP contribution in [0, 0.1) is 0 Å². The van der Waals surface area contributed by atoms with Gasteiger partial charge in [0.1, 0.15) is 11.6 Å². The molecule has 2 aromatic rings. The Labute approximate surface area is 148 Å². The van der Waals surface area contributed by atoms with E-state index in [1.165, 1.54) is 0 Å². The Kier molecular flexibility index (Phi) is 5.72. The minimum absolute atomic E-state index is 0.0883. The SMILES string of the molecule is CCc1ccccc1OCNC(=O)N1CCN(c2ccccn2)CC1. The van der Waals surface area contributed by atoms with Crippen molar-refractivity contribution in [2.75, 3.05) is 37.8 Å². The second-order valence-corrected chi connectivity index (χ2v) is 5.89. The molecule has 1 aromatic carbocycles. The maximum Gasteiger partial charge on any atom is 0.320 e. The van der Waals surface area contributed by atoms with Gasteiger partial charge in [-0.3, -0.25) is 0 Å². The molecule has 1 saturated heterocycles. The summed E-state index contributed by atoms with van der Waals surface area (Å²) in [6.45, 7) is 5.17. The van der Waals surface area contributed by atoms with Crippen LogP contribution in [-0.4, -0.2) is 48.8 Å². The lowest BCUT2D eigenvalue weighted by molar-refractivity contribution is 0.181. The molecule has 0 radical (unpaired) electrons. The number of carbonyl (C=O) groups is 1. The van der Waals surface area contributed by atoms with Crippen LogP contribution >= 0.6 is 0 Å². The van der Waals surface area contributed by atoms with Crippen LogP contribution in [0.5, 0.6) is 5.75 Å². The molecule has 1 aromatic heterocycles. The predicted molar refractivity (Wildman–Crippen MR) is 97.9 cm³/mol. The smallest absolute Gasteiger partial charge is 0.320 e. The zero-order chi connectivity index (χ0) is 17.5. The summed E-state index contributed by atoms with van der Waals surface area (Å²) in [5.41, 5.74) is 1.14. The number of piperazine rings is 1. The highest BCUT2D eigenvalue weighted by atomic mass is 16.5. The highest BCUT2D eigenvalue weighted by Crippen LogP contribution is 2.18. The summed E-state index contributed by atoms with van der Waals surface area (Å²) >= 11 is 0. The minimum atomic E-state index is -0.0883. The number of rotatable bonds is 5. The monoisotopic (exact) mass is 340 g/mol. The molecule has 1 aliphatic heterocycles. The van der Waals surface area contributed by atoms with Gasteiger partial charge in [-0.05, 0) is 30.2 Å². The van der Waals surface area contributed by atoms with E-state index in [0.29, 0.717) is 13.1 Å². The summed E-state index contributed by atoms with van der Waals surface area (Å²) < 4.78 is 5.70. The molecular weight excluding hydrogens is 316 g/mol. The molecule has 132 valence electrons. The van der Waals surface area contributed by atoms with Crippen molar-refractivity contribution in [2.45, 2.75) is 13.3 Å². The van der Waals surface area contributed by atoms with E-state index in [4.69, 9.17) is 4.74 Å². The van der Waals surface area contributed by atoms with Gasteiger partial charge in [0.2, 0.25) is 0 Å². The Morgan fingerprint density at radius 3 is 2.60 bits per heavy atom. The van der Waals surface area contributed by atoms with Crippen molar-refractivity contribution >= 4 is 11.8 Å². The highest BCUT2D eigenvalue weighted by Gasteiger charge is 2.21. The summed E-state index contributed by atoms with van der Waals surface area (Å²) in [6.07, 6.45) is 2.69. The number of carbonyl (C=O) groups excluding carboxylic acids is 1. The number of aromatic nitrogens is 1. The number of nitrogens with one attached hydrogen (secondary N) is 1. The third-order valence-electron chi connectivity index (χ3n) is 4.34. The number of urea groups is 1. The summed E-state index contributed by atoms with van der Waals surface area (Å²) in [7, 11) is 0. The molecule has 0 saturated carbocycles. The molecule has 6 heteroatoms. The molecule has 0 spiro atoms. The minimum Gasteiger partial charge on any atom is -0.473 e. The summed E-state index contributed by atoms with van der Waals surface area (Å²) in [5.74, 6) is 1.78. The van der Waals surface area contributed by atoms with E-state index in [-0.39, 0.29) is 12.8 Å². The Bertz CT molecular complexity index is 685. The first kappa shape index (κ1) is 17.1. The molecule has 6 nitrogen and oxygen atoms in total. The normalized spacial score (nSPS) is 14.3. The first-order chi connectivity index (χ1) is 12.3. The Balaban J connectivity index is 1.44. The molecule has 1 fully saturated rings. The van der Waals surface area contributed by atoms with Crippen LogP contribution in [0.3, 0.4) is 0 Å². The van der Waals surface area contributed by atoms with Crippen LogP contribution < -0.4 is 15.0 Å². The van der Waals surface area contributed by atoms with Gasteiger partial charge in [-0.15, -0.1) is 0 Å². The fourth-order valence-corrected chi connectivity index (χ4v) is 2.90. The van der Waals surface area contributed by atoms with Crippen LogP contribution in [-0.2, 0) is 6.42 Å². The van der Waals surface area contributed by atoms with Crippen molar-refractivity contribution in [3.8, 4) is 5.75 Å². The summed E-state index contributed by atoms with van der Waals surface area (Å²) in [4.78, 5) is 20.7. The fourth-order valence-electron chi connectivity index (χ4n) is 2.90. The number of amides is 2. The third-order valence-corrected chi connectivity index (χ3v) is 4.34. The molecule has 0 atom stereocenters. The zero-order valence-electron chi connectivity index (χ0n) is 14.5. The fraction of sp³-hybridized carbons (Fsp3) is 0.368. The molecule has 0 bridgehead atoms. The lowest BCUT2D eigenvalue weighted by Crippen LogP contribution is -2.52. The largest absolute Gasteiger partial charge is 0.473 e. The Hall–Kier alpha value is -2.76. The van der Waals surface area contributed by atoms with Crippen molar-refractivity contribution < 1.29 is 9.53 Å². The first-order valence-electron chi connectivity index (χ1n) is 8.67. The average Bonchev–Trinajstić information content (AvgIpc) is 2.69. The Morgan fingerprint density at radius 2 is 1.88 bits per heavy atom. The van der Waals surface area contributed by atoms with E-state index in [1.54, 1.807) is 6.20 Å². The quantitative estimate of drug-likeness (QED) is 0.850. The molecule has 0 aliphatic carbocycles. The van der Waals surface area contributed by atoms with Crippen molar-refractivity contribution in [3.63, 3.8) is 0 Å². The second-order valence-electron chi connectivity index (χ2n) is 5.89. The summed E-state index contributed by atoms with van der Waals surface area (Å²) in [5, 5.41) is 2.84. The number of aryl methyl sites for hydroxylation is 1. The number of hydrogen-bond acceptors (Lipinski definition) is 4. The molecule has 25 heavy (non-hydrogen) atoms. The number of para-hydroxylation sites is 1. The van der Waals surface area contributed by atoms with Crippen LogP contribution in [0.1, 0.15) is 12.5 Å². The zero-order valence-corrected chi connectivity index (χ0v) is 14.5. The molecule has 2 heterocycles. The number of anilines is 1.